The lowest BCUT2D eigenvalue weighted by Gasteiger charge is -2.21. The molecule has 23 heteroatoms. The molecule has 3 aromatic carbocycles. The third-order valence-corrected chi connectivity index (χ3v) is 17.2. The molecule has 0 unspecified atom stereocenters. The molecule has 2 aliphatic carbocycles. The molecular formula is C50H45ClF4N10O6S2. The Labute approximate surface area is 421 Å². The Hall–Kier alpha value is -6.75. The minimum Gasteiger partial charge on any atom is -0.360 e. The van der Waals surface area contributed by atoms with Crippen molar-refractivity contribution in [3.8, 4) is 11.4 Å². The number of halogens is 5. The summed E-state index contributed by atoms with van der Waals surface area (Å²) in [5, 5.41) is 5.31. The van der Waals surface area contributed by atoms with Gasteiger partial charge < -0.3 is 10.6 Å². The van der Waals surface area contributed by atoms with Crippen molar-refractivity contribution in [3.63, 3.8) is 0 Å². The molecule has 16 nitrogen and oxygen atoms in total. The number of rotatable bonds is 14. The van der Waals surface area contributed by atoms with Crippen LogP contribution in [0.3, 0.4) is 0 Å². The summed E-state index contributed by atoms with van der Waals surface area (Å²) in [4.78, 5) is 54.4. The number of amides is 1. The largest absolute Gasteiger partial charge is 0.416 e. The molecule has 2 fully saturated rings. The van der Waals surface area contributed by atoms with Crippen LogP contribution < -0.4 is 16.2 Å². The smallest absolute Gasteiger partial charge is 0.360 e. The van der Waals surface area contributed by atoms with Gasteiger partial charge in [0.15, 0.2) is 27.1 Å². The van der Waals surface area contributed by atoms with E-state index in [0.29, 0.717) is 53.1 Å². The van der Waals surface area contributed by atoms with E-state index in [1.54, 1.807) is 23.2 Å². The van der Waals surface area contributed by atoms with E-state index in [-0.39, 0.29) is 58.6 Å². The molecule has 3 aliphatic rings. The van der Waals surface area contributed by atoms with E-state index in [1.165, 1.54) is 30.3 Å². The van der Waals surface area contributed by atoms with E-state index in [0.717, 1.165) is 83.0 Å². The molecule has 10 rings (SSSR count). The summed E-state index contributed by atoms with van der Waals surface area (Å²) in [5.74, 6) is -2.03. The number of aryl methyl sites for hydroxylation is 2. The average molecular weight is 1060 g/mol. The Bertz CT molecular complexity index is 3650. The second-order valence-electron chi connectivity index (χ2n) is 18.5. The number of nitrogens with zero attached hydrogens (tertiary/aromatic N) is 8. The summed E-state index contributed by atoms with van der Waals surface area (Å²) in [6, 6.07) is 13.1. The Morgan fingerprint density at radius 3 is 2.42 bits per heavy atom. The number of alkyl halides is 3. The highest BCUT2D eigenvalue weighted by Crippen LogP contribution is 2.44. The lowest BCUT2D eigenvalue weighted by Crippen LogP contribution is -2.31. The van der Waals surface area contributed by atoms with Crippen LogP contribution in [-0.4, -0.2) is 68.1 Å². The van der Waals surface area contributed by atoms with Crippen LogP contribution in [0, 0.1) is 18.7 Å². The van der Waals surface area contributed by atoms with Crippen molar-refractivity contribution in [2.75, 3.05) is 17.2 Å². The van der Waals surface area contributed by atoms with Crippen LogP contribution in [0.4, 0.5) is 29.1 Å². The summed E-state index contributed by atoms with van der Waals surface area (Å²) < 4.78 is 114. The van der Waals surface area contributed by atoms with Crippen molar-refractivity contribution in [1.82, 2.24) is 38.8 Å². The highest BCUT2D eigenvalue weighted by Gasteiger charge is 2.36. The average Bonchev–Trinajstić information content (AvgIpc) is 4.28. The van der Waals surface area contributed by atoms with Gasteiger partial charge in [0.1, 0.15) is 17.7 Å². The number of hydrogen-bond acceptors (Lipinski definition) is 13. The van der Waals surface area contributed by atoms with Gasteiger partial charge in [0.05, 0.1) is 67.1 Å². The summed E-state index contributed by atoms with van der Waals surface area (Å²) >= 11 is 6.33. The van der Waals surface area contributed by atoms with Gasteiger partial charge in [0.2, 0.25) is 10.0 Å². The molecule has 4 aromatic heterocycles. The number of benzene rings is 3. The lowest BCUT2D eigenvalue weighted by molar-refractivity contribution is -0.137. The molecular weight excluding hydrogens is 1010 g/mol. The van der Waals surface area contributed by atoms with Crippen molar-refractivity contribution in [2.24, 2.45) is 5.92 Å². The van der Waals surface area contributed by atoms with Gasteiger partial charge in [-0.3, -0.25) is 19.1 Å². The zero-order valence-corrected chi connectivity index (χ0v) is 41.5. The molecule has 1 atom stereocenters. The van der Waals surface area contributed by atoms with E-state index >= 15 is 4.39 Å². The van der Waals surface area contributed by atoms with Gasteiger partial charge in [-0.05, 0) is 118 Å². The summed E-state index contributed by atoms with van der Waals surface area (Å²) in [5.41, 5.74) is 2.36. The third kappa shape index (κ3) is 10.2. The van der Waals surface area contributed by atoms with Crippen LogP contribution in [0.15, 0.2) is 100 Å². The quantitative estimate of drug-likeness (QED) is 0.0975. The number of sulfonamides is 1. The van der Waals surface area contributed by atoms with E-state index in [2.05, 4.69) is 35.6 Å². The lowest BCUT2D eigenvalue weighted by atomic mass is 10.0. The van der Waals surface area contributed by atoms with Gasteiger partial charge in [-0.25, -0.2) is 46.1 Å². The molecule has 2 saturated carbocycles. The maximum absolute atomic E-state index is 16.2. The zero-order chi connectivity index (χ0) is 51.6. The number of carbonyl (C=O) groups is 1. The zero-order valence-electron chi connectivity index (χ0n) is 39.1. The van der Waals surface area contributed by atoms with Crippen LogP contribution in [0.1, 0.15) is 101 Å². The van der Waals surface area contributed by atoms with Gasteiger partial charge in [-0.2, -0.15) is 17.5 Å². The Balaban J connectivity index is 0.830. The Kier molecular flexibility index (Phi) is 13.1. The molecule has 1 aliphatic heterocycles. The Morgan fingerprint density at radius 2 is 1.70 bits per heavy atom. The fraction of sp³-hybridized carbons (Fsp3) is 0.320. The first kappa shape index (κ1) is 49.8. The van der Waals surface area contributed by atoms with Gasteiger partial charge in [-0.15, -0.1) is 0 Å². The summed E-state index contributed by atoms with van der Waals surface area (Å²) in [7, 11) is -8.64. The third-order valence-electron chi connectivity index (χ3n) is 13.4. The topological polar surface area (TPSA) is 212 Å². The minimum absolute atomic E-state index is 0.0121. The monoisotopic (exact) mass is 1060 g/mol. The van der Waals surface area contributed by atoms with E-state index < -0.39 is 65.1 Å². The first-order chi connectivity index (χ1) is 34.8. The Morgan fingerprint density at radius 1 is 0.904 bits per heavy atom. The van der Waals surface area contributed by atoms with Crippen molar-refractivity contribution in [3.05, 3.63) is 152 Å². The summed E-state index contributed by atoms with van der Waals surface area (Å²) in [6.07, 6.45) is 4.24. The van der Waals surface area contributed by atoms with Gasteiger partial charge >= 0.3 is 6.18 Å². The van der Waals surface area contributed by atoms with Crippen molar-refractivity contribution >= 4 is 60.0 Å². The van der Waals surface area contributed by atoms with Crippen molar-refractivity contribution in [1.29, 1.82) is 0 Å². The molecule has 5 heterocycles. The van der Waals surface area contributed by atoms with Crippen LogP contribution in [0.25, 0.3) is 22.6 Å². The molecule has 1 amide bonds. The molecule has 0 saturated heterocycles. The van der Waals surface area contributed by atoms with Crippen molar-refractivity contribution < 1.29 is 39.2 Å². The number of aromatic nitrogens is 7. The first-order valence-corrected chi connectivity index (χ1v) is 26.8. The maximum Gasteiger partial charge on any atom is 0.416 e. The number of sulfone groups is 1. The second kappa shape index (κ2) is 19.3. The van der Waals surface area contributed by atoms with Gasteiger partial charge in [0.25, 0.3) is 11.5 Å². The predicted octanol–water partition coefficient (Wildman–Crippen LogP) is 8.98. The van der Waals surface area contributed by atoms with Crippen LogP contribution >= 0.6 is 11.6 Å². The number of carbonyl (C=O) groups excluding carboxylic acids is 1. The molecule has 0 bridgehead atoms. The first-order valence-electron chi connectivity index (χ1n) is 23.4. The van der Waals surface area contributed by atoms with E-state index in [9.17, 15) is 39.6 Å². The second-order valence-corrected chi connectivity index (χ2v) is 22.8. The normalized spacial score (nSPS) is 15.9. The fourth-order valence-corrected chi connectivity index (χ4v) is 12.1. The number of pyridine rings is 1. The number of fused-ring (bicyclic) bond motifs is 2. The molecule has 2 N–H and O–H groups in total. The maximum atomic E-state index is 16.2. The highest BCUT2D eigenvalue weighted by atomic mass is 35.5. The van der Waals surface area contributed by atoms with Crippen LogP contribution in [-0.2, 0) is 51.3 Å². The molecule has 7 aromatic rings. The number of anilines is 2. The van der Waals surface area contributed by atoms with Crippen LogP contribution in [0.2, 0.25) is 5.02 Å². The molecule has 0 radical (unpaired) electrons. The van der Waals surface area contributed by atoms with Gasteiger partial charge in [-0.1, -0.05) is 29.8 Å². The van der Waals surface area contributed by atoms with Gasteiger partial charge in [0, 0.05) is 42.5 Å². The number of hydrogen-bond donors (Lipinski definition) is 2. The van der Waals surface area contributed by atoms with Crippen molar-refractivity contribution in [2.45, 2.75) is 99.1 Å². The molecule has 0 spiro atoms. The number of nitrogens with one attached hydrogen (secondary N) is 2. The predicted molar refractivity (Wildman–Crippen MR) is 262 cm³/mol. The standard InChI is InChI=1S/C50H45ClF4N10O6S2/c1-27-41(44(31-10-11-31)60-26-59-27)45-58-23-40-47(63-45)65(28(2)29-8-9-29)49(67)46(62-40)57-21-36-15-16-38(22-56-36)72(68,69)25-32-13-17-39(51)42(43(32)52)48(66)61-35-14-12-30-5-4-18-64(24-33(30)19-35)73(70,71)37-7-3-6-34(20-37)50(53,54)55/h3,6-7,12-17,19-20,22-23,26,28-29,31H,4-5,8-11,18,21,24-25H2,1-2H3,(H,57,62)(H,61,66)/t28-/m0/s1. The highest BCUT2D eigenvalue weighted by molar-refractivity contribution is 7.90. The van der Waals surface area contributed by atoms with Crippen LogP contribution in [0.5, 0.6) is 0 Å². The van der Waals surface area contributed by atoms with E-state index in [1.807, 2.05) is 13.8 Å². The molecule has 73 heavy (non-hydrogen) atoms. The SMILES string of the molecule is Cc1ncnc(C2CC2)c1-c1ncc2nc(NCc3ccc(S(=O)(=O)Cc4ccc(Cl)c(C(=O)Nc5ccc6c(c5)CN(S(=O)(=O)c5cccc(C(F)(F)F)c5)CCC6)c4F)cn3)c(=O)n([C@@H](C)C3CC3)c2n1. The fourth-order valence-electron chi connectivity index (χ4n) is 9.11. The van der Waals surface area contributed by atoms with E-state index in [4.69, 9.17) is 16.6 Å². The molecule has 378 valence electrons. The summed E-state index contributed by atoms with van der Waals surface area (Å²) in [6.45, 7) is 3.64. The minimum atomic E-state index is -4.75.